The number of nitrogens with zero attached hydrogens (tertiary/aromatic N) is 2. The SMILES string of the molecule is CCCCCCCCOc1ccnc(NN)n1. The van der Waals surface area contributed by atoms with Crippen molar-refractivity contribution in [2.75, 3.05) is 12.0 Å². The fourth-order valence-corrected chi connectivity index (χ4v) is 1.55. The molecule has 0 aliphatic rings. The van der Waals surface area contributed by atoms with Gasteiger partial charge >= 0.3 is 0 Å². The Labute approximate surface area is 103 Å². The molecular weight excluding hydrogens is 216 g/mol. The minimum absolute atomic E-state index is 0.380. The van der Waals surface area contributed by atoms with Crippen LogP contribution >= 0.6 is 0 Å². The number of hydrazine groups is 1. The van der Waals surface area contributed by atoms with Crippen molar-refractivity contribution in [3.05, 3.63) is 12.3 Å². The monoisotopic (exact) mass is 238 g/mol. The summed E-state index contributed by atoms with van der Waals surface area (Å²) in [5.74, 6) is 6.16. The fourth-order valence-electron chi connectivity index (χ4n) is 1.55. The predicted octanol–water partition coefficient (Wildman–Crippen LogP) is 2.50. The van der Waals surface area contributed by atoms with Crippen LogP contribution in [0.1, 0.15) is 45.4 Å². The first-order valence-electron chi connectivity index (χ1n) is 6.29. The first-order chi connectivity index (χ1) is 8.36. The molecule has 1 rings (SSSR count). The van der Waals surface area contributed by atoms with Gasteiger partial charge in [0, 0.05) is 12.3 Å². The number of hydrogen-bond acceptors (Lipinski definition) is 5. The van der Waals surface area contributed by atoms with Gasteiger partial charge in [-0.3, -0.25) is 5.43 Å². The summed E-state index contributed by atoms with van der Waals surface area (Å²) in [6.45, 7) is 2.93. The summed E-state index contributed by atoms with van der Waals surface area (Å²) in [7, 11) is 0. The van der Waals surface area contributed by atoms with Crippen LogP contribution in [0.2, 0.25) is 0 Å². The molecule has 5 nitrogen and oxygen atoms in total. The van der Waals surface area contributed by atoms with Crippen molar-refractivity contribution in [2.24, 2.45) is 5.84 Å². The van der Waals surface area contributed by atoms with E-state index in [9.17, 15) is 0 Å². The highest BCUT2D eigenvalue weighted by molar-refractivity contribution is 5.25. The van der Waals surface area contributed by atoms with Crippen LogP contribution in [0.5, 0.6) is 5.88 Å². The Morgan fingerprint density at radius 1 is 1.24 bits per heavy atom. The van der Waals surface area contributed by atoms with Gasteiger partial charge in [0.2, 0.25) is 11.8 Å². The molecule has 0 aromatic carbocycles. The third-order valence-corrected chi connectivity index (χ3v) is 2.51. The predicted molar refractivity (Wildman–Crippen MR) is 68.7 cm³/mol. The van der Waals surface area contributed by atoms with E-state index in [1.807, 2.05) is 0 Å². The molecule has 0 radical (unpaired) electrons. The molecule has 1 aromatic heterocycles. The van der Waals surface area contributed by atoms with Crippen LogP contribution < -0.4 is 16.0 Å². The van der Waals surface area contributed by atoms with Crippen molar-refractivity contribution >= 4 is 5.95 Å². The summed E-state index contributed by atoms with van der Waals surface area (Å²) >= 11 is 0. The molecule has 1 heterocycles. The van der Waals surface area contributed by atoms with E-state index in [1.54, 1.807) is 12.3 Å². The van der Waals surface area contributed by atoms with E-state index in [2.05, 4.69) is 22.3 Å². The number of hydrogen-bond donors (Lipinski definition) is 2. The van der Waals surface area contributed by atoms with E-state index in [1.165, 1.54) is 32.1 Å². The average Bonchev–Trinajstić information content (AvgIpc) is 2.38. The van der Waals surface area contributed by atoms with Gasteiger partial charge in [-0.15, -0.1) is 0 Å². The molecule has 0 saturated carbocycles. The second-order valence-corrected chi connectivity index (χ2v) is 3.98. The Kier molecular flexibility index (Phi) is 7.06. The van der Waals surface area contributed by atoms with Gasteiger partial charge < -0.3 is 4.74 Å². The molecule has 0 aliphatic heterocycles. The largest absolute Gasteiger partial charge is 0.478 e. The first kappa shape index (κ1) is 13.7. The van der Waals surface area contributed by atoms with Crippen LogP contribution in [0.15, 0.2) is 12.3 Å². The van der Waals surface area contributed by atoms with Crippen LogP contribution in [0.3, 0.4) is 0 Å². The smallest absolute Gasteiger partial charge is 0.240 e. The molecule has 0 saturated heterocycles. The maximum absolute atomic E-state index is 5.51. The molecule has 0 bridgehead atoms. The normalized spacial score (nSPS) is 10.2. The highest BCUT2D eigenvalue weighted by Crippen LogP contribution is 2.09. The lowest BCUT2D eigenvalue weighted by molar-refractivity contribution is 0.293. The molecular formula is C12H22N4O. The molecule has 0 spiro atoms. The summed E-state index contributed by atoms with van der Waals surface area (Å²) in [6, 6.07) is 1.73. The Bertz CT molecular complexity index is 306. The third-order valence-electron chi connectivity index (χ3n) is 2.51. The molecule has 0 unspecified atom stereocenters. The fraction of sp³-hybridized carbons (Fsp3) is 0.667. The minimum Gasteiger partial charge on any atom is -0.478 e. The van der Waals surface area contributed by atoms with E-state index in [0.717, 1.165) is 6.42 Å². The summed E-state index contributed by atoms with van der Waals surface area (Å²) in [5, 5.41) is 0. The van der Waals surface area contributed by atoms with Gasteiger partial charge in [0.15, 0.2) is 0 Å². The molecule has 0 amide bonds. The summed E-state index contributed by atoms with van der Waals surface area (Å²) in [4.78, 5) is 7.98. The number of nitrogens with two attached hydrogens (primary N) is 1. The van der Waals surface area contributed by atoms with Crippen molar-refractivity contribution in [3.63, 3.8) is 0 Å². The van der Waals surface area contributed by atoms with Crippen molar-refractivity contribution in [3.8, 4) is 5.88 Å². The van der Waals surface area contributed by atoms with Crippen LogP contribution in [-0.2, 0) is 0 Å². The standard InChI is InChI=1S/C12H22N4O/c1-2-3-4-5-6-7-10-17-11-8-9-14-12(15-11)16-13/h8-9H,2-7,10,13H2,1H3,(H,14,15,16). The van der Waals surface area contributed by atoms with E-state index in [0.29, 0.717) is 18.4 Å². The first-order valence-corrected chi connectivity index (χ1v) is 6.29. The number of aromatic nitrogens is 2. The Balaban J connectivity index is 2.09. The highest BCUT2D eigenvalue weighted by Gasteiger charge is 1.98. The van der Waals surface area contributed by atoms with E-state index < -0.39 is 0 Å². The molecule has 96 valence electrons. The molecule has 17 heavy (non-hydrogen) atoms. The molecule has 1 aromatic rings. The summed E-state index contributed by atoms with van der Waals surface area (Å²) < 4.78 is 5.51. The maximum atomic E-state index is 5.51. The lowest BCUT2D eigenvalue weighted by Gasteiger charge is -2.05. The number of ether oxygens (including phenoxy) is 1. The topological polar surface area (TPSA) is 73.1 Å². The molecule has 5 heteroatoms. The highest BCUT2D eigenvalue weighted by atomic mass is 16.5. The van der Waals surface area contributed by atoms with Gasteiger partial charge in [-0.1, -0.05) is 39.0 Å². The minimum atomic E-state index is 0.380. The van der Waals surface area contributed by atoms with Gasteiger partial charge in [0.1, 0.15) is 0 Å². The van der Waals surface area contributed by atoms with E-state index in [4.69, 9.17) is 10.6 Å². The van der Waals surface area contributed by atoms with Crippen LogP contribution in [0.4, 0.5) is 5.95 Å². The van der Waals surface area contributed by atoms with E-state index >= 15 is 0 Å². The lowest BCUT2D eigenvalue weighted by atomic mass is 10.1. The zero-order chi connectivity index (χ0) is 12.3. The summed E-state index contributed by atoms with van der Waals surface area (Å²) in [6.07, 6.45) is 9.14. The quantitative estimate of drug-likeness (QED) is 0.393. The third kappa shape index (κ3) is 6.06. The van der Waals surface area contributed by atoms with Gasteiger partial charge in [0.05, 0.1) is 6.61 Å². The van der Waals surface area contributed by atoms with Crippen LogP contribution in [-0.4, -0.2) is 16.6 Å². The number of nitrogen functional groups attached to an aromatic ring is 1. The van der Waals surface area contributed by atoms with Crippen molar-refractivity contribution in [2.45, 2.75) is 45.4 Å². The summed E-state index contributed by atoms with van der Waals surface area (Å²) in [5.41, 5.74) is 2.39. The Morgan fingerprint density at radius 3 is 2.76 bits per heavy atom. The molecule has 3 N–H and O–H groups in total. The molecule has 0 aliphatic carbocycles. The number of rotatable bonds is 9. The van der Waals surface area contributed by atoms with Crippen molar-refractivity contribution in [1.29, 1.82) is 0 Å². The lowest BCUT2D eigenvalue weighted by Crippen LogP contribution is -2.11. The van der Waals surface area contributed by atoms with Gasteiger partial charge in [-0.25, -0.2) is 10.8 Å². The van der Waals surface area contributed by atoms with Gasteiger partial charge in [-0.05, 0) is 6.42 Å². The van der Waals surface area contributed by atoms with E-state index in [-0.39, 0.29) is 0 Å². The second kappa shape index (κ2) is 8.75. The zero-order valence-corrected chi connectivity index (χ0v) is 10.5. The van der Waals surface area contributed by atoms with Crippen LogP contribution in [0, 0.1) is 0 Å². The van der Waals surface area contributed by atoms with Crippen molar-refractivity contribution < 1.29 is 4.74 Å². The Morgan fingerprint density at radius 2 is 2.00 bits per heavy atom. The Hall–Kier alpha value is -1.36. The second-order valence-electron chi connectivity index (χ2n) is 3.98. The zero-order valence-electron chi connectivity index (χ0n) is 10.5. The average molecular weight is 238 g/mol. The number of unbranched alkanes of at least 4 members (excludes halogenated alkanes) is 5. The van der Waals surface area contributed by atoms with Gasteiger partial charge in [-0.2, -0.15) is 4.98 Å². The van der Waals surface area contributed by atoms with Crippen LogP contribution in [0.25, 0.3) is 0 Å². The van der Waals surface area contributed by atoms with Gasteiger partial charge in [0.25, 0.3) is 0 Å². The number of anilines is 1. The van der Waals surface area contributed by atoms with Crippen molar-refractivity contribution in [1.82, 2.24) is 9.97 Å². The molecule has 0 atom stereocenters. The molecule has 0 fully saturated rings. The maximum Gasteiger partial charge on any atom is 0.240 e. The number of nitrogens with one attached hydrogen (secondary N) is 1.